The van der Waals surface area contributed by atoms with Crippen molar-refractivity contribution in [2.45, 2.75) is 58.4 Å². The molecule has 0 aromatic carbocycles. The fourth-order valence-corrected chi connectivity index (χ4v) is 4.29. The van der Waals surface area contributed by atoms with Crippen LogP contribution in [-0.2, 0) is 20.7 Å². The summed E-state index contributed by atoms with van der Waals surface area (Å²) in [5, 5.41) is 12.0. The molecular formula is C23H31N7O3. The number of carbonyl (C=O) groups excluding carboxylic acids is 1. The summed E-state index contributed by atoms with van der Waals surface area (Å²) in [4.78, 5) is 22.5. The van der Waals surface area contributed by atoms with Gasteiger partial charge in [0.15, 0.2) is 0 Å². The van der Waals surface area contributed by atoms with Crippen LogP contribution in [0.4, 0.5) is 0 Å². The second kappa shape index (κ2) is 9.90. The van der Waals surface area contributed by atoms with Gasteiger partial charge in [0.25, 0.3) is 5.91 Å². The summed E-state index contributed by atoms with van der Waals surface area (Å²) in [7, 11) is 3.42. The number of hydrazone groups is 1. The molecule has 1 fully saturated rings. The van der Waals surface area contributed by atoms with Crippen LogP contribution in [0.15, 0.2) is 23.1 Å². The number of rotatable bonds is 10. The first-order valence-corrected chi connectivity index (χ1v) is 11.2. The summed E-state index contributed by atoms with van der Waals surface area (Å²) >= 11 is 0. The van der Waals surface area contributed by atoms with E-state index in [0.29, 0.717) is 23.0 Å². The summed E-state index contributed by atoms with van der Waals surface area (Å²) < 4.78 is 11.1. The van der Waals surface area contributed by atoms with Gasteiger partial charge in [0.1, 0.15) is 18.2 Å². The third-order valence-electron chi connectivity index (χ3n) is 6.36. The first-order chi connectivity index (χ1) is 15.9. The average Bonchev–Trinajstić information content (AvgIpc) is 3.54. The molecule has 2 N–H and O–H groups in total. The number of nitrogens with one attached hydrogen (secondary N) is 2. The maximum atomic E-state index is 12.6. The molecule has 0 spiro atoms. The minimum atomic E-state index is -0.276. The van der Waals surface area contributed by atoms with Gasteiger partial charge in [-0.15, -0.1) is 5.10 Å². The summed E-state index contributed by atoms with van der Waals surface area (Å²) in [6.07, 6.45) is 7.90. The standard InChI is InChI=1S/C23H31N7O3/c1-13-17(8-11-30(14(2)32-4)15(3)33-5)20(16-6-7-16)19(26-13)12-18-21(27-29-23(18)31)22-24-9-10-25-28-22/h9-10,12,14-16,26H,6-8,11H2,1-5H3,(H,29,31). The quantitative estimate of drug-likeness (QED) is 0.418. The SMILES string of the molecule is COC(C)N(CCc1c(C)[nH]c(C=C2C(=O)NN=C2c2nccnn2)c1C1CC1)C(C)OC. The number of hydrogen-bond acceptors (Lipinski definition) is 8. The number of hydrogen-bond donors (Lipinski definition) is 2. The molecule has 1 aliphatic carbocycles. The van der Waals surface area contributed by atoms with Crippen LogP contribution in [0.25, 0.3) is 6.08 Å². The summed E-state index contributed by atoms with van der Waals surface area (Å²) in [6, 6.07) is 0. The molecule has 0 saturated heterocycles. The van der Waals surface area contributed by atoms with Crippen LogP contribution in [0.5, 0.6) is 0 Å². The first kappa shape index (κ1) is 23.2. The minimum Gasteiger partial charge on any atom is -0.367 e. The highest BCUT2D eigenvalue weighted by atomic mass is 16.5. The van der Waals surface area contributed by atoms with Crippen molar-refractivity contribution in [3.8, 4) is 0 Å². The Bertz CT molecular complexity index is 1050. The van der Waals surface area contributed by atoms with Crippen molar-refractivity contribution in [3.05, 3.63) is 46.3 Å². The van der Waals surface area contributed by atoms with Crippen LogP contribution in [0, 0.1) is 6.92 Å². The molecule has 2 aliphatic rings. The second-order valence-corrected chi connectivity index (χ2v) is 8.41. The summed E-state index contributed by atoms with van der Waals surface area (Å²) in [6.45, 7) is 6.92. The van der Waals surface area contributed by atoms with Gasteiger partial charge in [-0.05, 0) is 63.2 Å². The fourth-order valence-electron chi connectivity index (χ4n) is 4.29. The summed E-state index contributed by atoms with van der Waals surface area (Å²) in [5.41, 5.74) is 7.97. The second-order valence-electron chi connectivity index (χ2n) is 8.41. The normalized spacial score (nSPS) is 19.2. The maximum absolute atomic E-state index is 12.6. The van der Waals surface area contributed by atoms with Crippen LogP contribution in [0.2, 0.25) is 0 Å². The molecule has 0 radical (unpaired) electrons. The van der Waals surface area contributed by atoms with E-state index in [2.05, 4.69) is 42.5 Å². The molecule has 4 rings (SSSR count). The Labute approximate surface area is 193 Å². The topological polar surface area (TPSA) is 118 Å². The number of methoxy groups -OCH3 is 2. The van der Waals surface area contributed by atoms with Gasteiger partial charge in [0.2, 0.25) is 5.82 Å². The number of nitrogens with zero attached hydrogens (tertiary/aromatic N) is 5. The van der Waals surface area contributed by atoms with E-state index in [4.69, 9.17) is 9.47 Å². The van der Waals surface area contributed by atoms with E-state index in [1.54, 1.807) is 14.2 Å². The number of ether oxygens (including phenoxy) is 2. The lowest BCUT2D eigenvalue weighted by Gasteiger charge is -2.32. The van der Waals surface area contributed by atoms with Gasteiger partial charge in [0, 0.05) is 38.3 Å². The smallest absolute Gasteiger partial charge is 0.273 e. The third-order valence-corrected chi connectivity index (χ3v) is 6.36. The highest BCUT2D eigenvalue weighted by Gasteiger charge is 2.33. The van der Waals surface area contributed by atoms with Crippen molar-refractivity contribution in [1.29, 1.82) is 0 Å². The molecule has 33 heavy (non-hydrogen) atoms. The Morgan fingerprint density at radius 3 is 2.55 bits per heavy atom. The van der Waals surface area contributed by atoms with Crippen LogP contribution in [-0.4, -0.2) is 69.9 Å². The molecule has 2 unspecified atom stereocenters. The zero-order valence-corrected chi connectivity index (χ0v) is 19.8. The number of H-pyrrole nitrogens is 1. The van der Waals surface area contributed by atoms with Gasteiger partial charge < -0.3 is 14.5 Å². The van der Waals surface area contributed by atoms with Crippen LogP contribution in [0.1, 0.15) is 60.9 Å². The molecule has 1 saturated carbocycles. The van der Waals surface area contributed by atoms with Crippen molar-refractivity contribution in [2.75, 3.05) is 20.8 Å². The number of aryl methyl sites for hydroxylation is 1. The van der Waals surface area contributed by atoms with Gasteiger partial charge in [-0.3, -0.25) is 9.69 Å². The van der Waals surface area contributed by atoms with Gasteiger partial charge >= 0.3 is 0 Å². The Kier molecular flexibility index (Phi) is 6.96. The Balaban J connectivity index is 1.65. The number of carbonyl (C=O) groups is 1. The largest absolute Gasteiger partial charge is 0.367 e. The molecule has 0 bridgehead atoms. The fraction of sp³-hybridized carbons (Fsp3) is 0.522. The highest BCUT2D eigenvalue weighted by molar-refractivity contribution is 6.32. The van der Waals surface area contributed by atoms with Crippen LogP contribution < -0.4 is 5.43 Å². The molecule has 10 nitrogen and oxygen atoms in total. The van der Waals surface area contributed by atoms with Gasteiger partial charge in [-0.2, -0.15) is 10.2 Å². The highest BCUT2D eigenvalue weighted by Crippen LogP contribution is 2.45. The van der Waals surface area contributed by atoms with Crippen molar-refractivity contribution < 1.29 is 14.3 Å². The Morgan fingerprint density at radius 2 is 1.94 bits per heavy atom. The van der Waals surface area contributed by atoms with Crippen molar-refractivity contribution in [1.82, 2.24) is 30.5 Å². The van der Waals surface area contributed by atoms with Crippen LogP contribution >= 0.6 is 0 Å². The van der Waals surface area contributed by atoms with Crippen LogP contribution in [0.3, 0.4) is 0 Å². The lowest BCUT2D eigenvalue weighted by molar-refractivity contribution is -0.116. The molecule has 2 aromatic heterocycles. The number of aromatic amines is 1. The van der Waals surface area contributed by atoms with Crippen molar-refractivity contribution >= 4 is 17.7 Å². The molecule has 3 heterocycles. The Hall–Kier alpha value is -2.95. The van der Waals surface area contributed by atoms with E-state index in [0.717, 1.165) is 37.2 Å². The predicted molar refractivity (Wildman–Crippen MR) is 123 cm³/mol. The van der Waals surface area contributed by atoms with E-state index in [1.807, 2.05) is 19.9 Å². The molecule has 2 aromatic rings. The lowest BCUT2D eigenvalue weighted by Crippen LogP contribution is -2.43. The van der Waals surface area contributed by atoms with Crippen molar-refractivity contribution in [2.24, 2.45) is 5.10 Å². The van der Waals surface area contributed by atoms with Crippen molar-refractivity contribution in [3.63, 3.8) is 0 Å². The molecule has 10 heteroatoms. The summed E-state index contributed by atoms with van der Waals surface area (Å²) in [5.74, 6) is 0.530. The lowest BCUT2D eigenvalue weighted by atomic mass is 9.99. The molecular weight excluding hydrogens is 422 g/mol. The van der Waals surface area contributed by atoms with Gasteiger partial charge in [-0.1, -0.05) is 0 Å². The monoisotopic (exact) mass is 453 g/mol. The Morgan fingerprint density at radius 1 is 1.21 bits per heavy atom. The average molecular weight is 454 g/mol. The van der Waals surface area contributed by atoms with E-state index in [1.165, 1.54) is 23.5 Å². The van der Waals surface area contributed by atoms with E-state index in [9.17, 15) is 4.79 Å². The van der Waals surface area contributed by atoms with Gasteiger partial charge in [-0.25, -0.2) is 10.4 Å². The third kappa shape index (κ3) is 4.87. The number of aromatic nitrogens is 4. The zero-order chi connectivity index (χ0) is 23.5. The molecule has 176 valence electrons. The molecule has 2 atom stereocenters. The zero-order valence-electron chi connectivity index (χ0n) is 19.8. The van der Waals surface area contributed by atoms with E-state index < -0.39 is 0 Å². The maximum Gasteiger partial charge on any atom is 0.273 e. The number of amides is 1. The van der Waals surface area contributed by atoms with E-state index in [-0.39, 0.29) is 18.4 Å². The van der Waals surface area contributed by atoms with E-state index >= 15 is 0 Å². The minimum absolute atomic E-state index is 0.0643. The first-order valence-electron chi connectivity index (χ1n) is 11.2. The van der Waals surface area contributed by atoms with Gasteiger partial charge in [0.05, 0.1) is 11.8 Å². The molecule has 1 aliphatic heterocycles. The molecule has 1 amide bonds. The predicted octanol–water partition coefficient (Wildman–Crippen LogP) is 2.13.